The molecule has 0 spiro atoms. The number of ether oxygens (including phenoxy) is 4. The molecule has 12 nitrogen and oxygen atoms in total. The van der Waals surface area contributed by atoms with Gasteiger partial charge in [0.25, 0.3) is 0 Å². The van der Waals surface area contributed by atoms with Crippen molar-refractivity contribution in [3.8, 4) is 0 Å². The molecule has 6 unspecified atom stereocenters. The van der Waals surface area contributed by atoms with Crippen LogP contribution in [0, 0.1) is 0 Å². The Hall–Kier alpha value is -2.73. The largest absolute Gasteiger partial charge is 0.464 e. The minimum Gasteiger partial charge on any atom is -0.464 e. The smallest absolute Gasteiger partial charge is 0.303 e. The maximum atomic E-state index is 12.1. The molecule has 0 saturated carbocycles. The van der Waals surface area contributed by atoms with Crippen LogP contribution in [0.5, 0.6) is 0 Å². The molecule has 6 atom stereocenters. The van der Waals surface area contributed by atoms with E-state index in [1.165, 1.54) is 27.7 Å². The van der Waals surface area contributed by atoms with Crippen molar-refractivity contribution in [2.45, 2.75) is 71.1 Å². The topological polar surface area (TPSA) is 172 Å². The van der Waals surface area contributed by atoms with E-state index in [4.69, 9.17) is 24.7 Å². The third-order valence-electron chi connectivity index (χ3n) is 4.19. The molecule has 1 rings (SSSR count). The number of rotatable bonds is 8. The summed E-state index contributed by atoms with van der Waals surface area (Å²) in [6.07, 6.45) is -3.69. The van der Waals surface area contributed by atoms with Crippen LogP contribution in [0.3, 0.4) is 0 Å². The first-order valence-electron chi connectivity index (χ1n) is 9.36. The van der Waals surface area contributed by atoms with Crippen LogP contribution in [-0.4, -0.2) is 79.4 Å². The average Bonchev–Trinajstić information content (AvgIpc) is 2.62. The molecule has 0 bridgehead atoms. The first-order valence-corrected chi connectivity index (χ1v) is 9.36. The van der Waals surface area contributed by atoms with Crippen LogP contribution in [0.4, 0.5) is 0 Å². The number of hydrogen-bond donors (Lipinski definition) is 3. The van der Waals surface area contributed by atoms with Crippen LogP contribution in [0.1, 0.15) is 34.6 Å². The van der Waals surface area contributed by atoms with Gasteiger partial charge in [-0.25, -0.2) is 0 Å². The summed E-state index contributed by atoms with van der Waals surface area (Å²) < 4.78 is 21.2. The van der Waals surface area contributed by atoms with Gasteiger partial charge in [0.1, 0.15) is 18.8 Å². The van der Waals surface area contributed by atoms with Gasteiger partial charge in [-0.3, -0.25) is 24.0 Å². The van der Waals surface area contributed by atoms with E-state index >= 15 is 0 Å². The lowest BCUT2D eigenvalue weighted by Gasteiger charge is -2.44. The van der Waals surface area contributed by atoms with E-state index in [1.807, 2.05) is 0 Å². The Morgan fingerprint density at radius 2 is 1.53 bits per heavy atom. The number of amides is 2. The van der Waals surface area contributed by atoms with Crippen molar-refractivity contribution in [2.75, 3.05) is 13.2 Å². The third kappa shape index (κ3) is 7.95. The van der Waals surface area contributed by atoms with Gasteiger partial charge >= 0.3 is 17.9 Å². The van der Waals surface area contributed by atoms with E-state index < -0.39 is 66.2 Å². The molecule has 12 heteroatoms. The Morgan fingerprint density at radius 1 is 0.967 bits per heavy atom. The quantitative estimate of drug-likeness (QED) is 0.292. The summed E-state index contributed by atoms with van der Waals surface area (Å²) in [6, 6.07) is -1.90. The highest BCUT2D eigenvalue weighted by atomic mass is 16.6. The molecule has 4 N–H and O–H groups in total. The molecule has 0 radical (unpaired) electrons. The Labute approximate surface area is 174 Å². The second-order valence-corrected chi connectivity index (χ2v) is 6.91. The fourth-order valence-corrected chi connectivity index (χ4v) is 3.00. The fraction of sp³-hybridized carbons (Fsp3) is 0.722. The van der Waals surface area contributed by atoms with E-state index in [-0.39, 0.29) is 13.2 Å². The lowest BCUT2D eigenvalue weighted by atomic mass is 9.92. The Morgan fingerprint density at radius 3 is 2.03 bits per heavy atom. The lowest BCUT2D eigenvalue weighted by Crippen LogP contribution is -2.66. The summed E-state index contributed by atoms with van der Waals surface area (Å²) in [4.78, 5) is 57.8. The molecule has 170 valence electrons. The molecule has 0 aromatic rings. The maximum Gasteiger partial charge on any atom is 0.303 e. The SMILES string of the molecule is CC(=O)NC1C(C)OC(CNC(=O)C(N)COC(C)=O)C(OC(C)=O)C1OC(C)=O. The molecule has 0 aromatic heterocycles. The van der Waals surface area contributed by atoms with Crippen LogP contribution in [0.15, 0.2) is 0 Å². The van der Waals surface area contributed by atoms with Gasteiger partial charge in [0.2, 0.25) is 11.8 Å². The number of hydrogen-bond acceptors (Lipinski definition) is 10. The van der Waals surface area contributed by atoms with E-state index in [1.54, 1.807) is 6.92 Å². The number of nitrogens with one attached hydrogen (secondary N) is 2. The van der Waals surface area contributed by atoms with Crippen LogP contribution in [0.25, 0.3) is 0 Å². The summed E-state index contributed by atoms with van der Waals surface area (Å²) in [5, 5.41) is 5.16. The van der Waals surface area contributed by atoms with Crippen molar-refractivity contribution in [1.29, 1.82) is 0 Å². The predicted octanol–water partition coefficient (Wildman–Crippen LogP) is -1.85. The van der Waals surface area contributed by atoms with E-state index in [0.29, 0.717) is 0 Å². The zero-order valence-electron chi connectivity index (χ0n) is 17.6. The van der Waals surface area contributed by atoms with Gasteiger partial charge in [-0.2, -0.15) is 0 Å². The van der Waals surface area contributed by atoms with Gasteiger partial charge < -0.3 is 35.3 Å². The molecule has 30 heavy (non-hydrogen) atoms. The molecule has 0 aliphatic carbocycles. The average molecular weight is 431 g/mol. The molecule has 1 aliphatic heterocycles. The van der Waals surface area contributed by atoms with Crippen LogP contribution < -0.4 is 16.4 Å². The predicted molar refractivity (Wildman–Crippen MR) is 101 cm³/mol. The van der Waals surface area contributed by atoms with Gasteiger partial charge in [0.05, 0.1) is 12.1 Å². The number of nitrogens with two attached hydrogens (primary N) is 1. The number of esters is 3. The van der Waals surface area contributed by atoms with Crippen molar-refractivity contribution in [1.82, 2.24) is 10.6 Å². The Bertz CT molecular complexity index is 669. The number of carbonyl (C=O) groups is 5. The van der Waals surface area contributed by atoms with Crippen molar-refractivity contribution in [2.24, 2.45) is 5.73 Å². The molecule has 1 fully saturated rings. The second kappa shape index (κ2) is 11.5. The molecule has 1 heterocycles. The minimum absolute atomic E-state index is 0.139. The number of carbonyl (C=O) groups excluding carboxylic acids is 5. The zero-order valence-corrected chi connectivity index (χ0v) is 17.6. The molecular formula is C18H29N3O9. The van der Waals surface area contributed by atoms with Crippen LogP contribution in [-0.2, 0) is 42.9 Å². The van der Waals surface area contributed by atoms with Gasteiger partial charge in [0, 0.05) is 34.2 Å². The van der Waals surface area contributed by atoms with Gasteiger partial charge in [-0.05, 0) is 6.92 Å². The summed E-state index contributed by atoms with van der Waals surface area (Å²) in [6.45, 7) is 6.02. The Balaban J connectivity index is 2.98. The highest BCUT2D eigenvalue weighted by molar-refractivity contribution is 5.82. The first-order chi connectivity index (χ1) is 13.9. The maximum absolute atomic E-state index is 12.1. The highest BCUT2D eigenvalue weighted by Gasteiger charge is 2.48. The lowest BCUT2D eigenvalue weighted by molar-refractivity contribution is -0.212. The van der Waals surface area contributed by atoms with Crippen LogP contribution in [0.2, 0.25) is 0 Å². The normalized spacial score (nSPS) is 26.7. The third-order valence-corrected chi connectivity index (χ3v) is 4.19. The zero-order chi connectivity index (χ0) is 23.0. The van der Waals surface area contributed by atoms with Gasteiger partial charge in [-0.1, -0.05) is 0 Å². The van der Waals surface area contributed by atoms with Crippen LogP contribution >= 0.6 is 0 Å². The van der Waals surface area contributed by atoms with E-state index in [2.05, 4.69) is 10.6 Å². The van der Waals surface area contributed by atoms with Crippen molar-refractivity contribution in [3.05, 3.63) is 0 Å². The minimum atomic E-state index is -1.11. The molecule has 1 aliphatic rings. The van der Waals surface area contributed by atoms with Crippen molar-refractivity contribution in [3.63, 3.8) is 0 Å². The summed E-state index contributed by atoms with van der Waals surface area (Å²) in [5.74, 6) is -2.90. The van der Waals surface area contributed by atoms with Gasteiger partial charge in [0.15, 0.2) is 12.2 Å². The van der Waals surface area contributed by atoms with E-state index in [0.717, 1.165) is 0 Å². The summed E-state index contributed by atoms with van der Waals surface area (Å²) >= 11 is 0. The highest BCUT2D eigenvalue weighted by Crippen LogP contribution is 2.26. The molecule has 1 saturated heterocycles. The fourth-order valence-electron chi connectivity index (χ4n) is 3.00. The van der Waals surface area contributed by atoms with Crippen molar-refractivity contribution >= 4 is 29.7 Å². The summed E-state index contributed by atoms with van der Waals surface area (Å²) in [7, 11) is 0. The Kier molecular flexibility index (Phi) is 9.66. The standard InChI is InChI=1S/C18H29N3O9/c1-8-15(21-9(2)22)17(30-12(5)25)16(29-11(4)24)14(28-8)6-20-18(26)13(19)7-27-10(3)23/h8,13-17H,6-7,19H2,1-5H3,(H,20,26)(H,21,22). The van der Waals surface area contributed by atoms with Gasteiger partial charge in [-0.15, -0.1) is 0 Å². The van der Waals surface area contributed by atoms with E-state index in [9.17, 15) is 24.0 Å². The first kappa shape index (κ1) is 25.3. The van der Waals surface area contributed by atoms with Crippen molar-refractivity contribution < 1.29 is 42.9 Å². The summed E-state index contributed by atoms with van der Waals surface area (Å²) in [5.41, 5.74) is 5.66. The molecule has 2 amide bonds. The molecular weight excluding hydrogens is 402 g/mol. The molecule has 0 aromatic carbocycles. The second-order valence-electron chi connectivity index (χ2n) is 6.91. The monoisotopic (exact) mass is 431 g/mol.